The molecule has 4 nitrogen and oxygen atoms in total. The van der Waals surface area contributed by atoms with Gasteiger partial charge >= 0.3 is 5.97 Å². The van der Waals surface area contributed by atoms with E-state index >= 15 is 0 Å². The molecule has 0 aromatic carbocycles. The summed E-state index contributed by atoms with van der Waals surface area (Å²) in [4.78, 5) is 14.1. The lowest BCUT2D eigenvalue weighted by atomic mass is 9.79. The van der Waals surface area contributed by atoms with E-state index in [-0.39, 0.29) is 6.10 Å². The number of piperidine rings is 1. The molecule has 0 aromatic rings. The minimum absolute atomic E-state index is 0.283. The molecule has 0 bridgehead atoms. The minimum atomic E-state index is -0.589. The fraction of sp³-hybridized carbons (Fsp3) is 0.933. The van der Waals surface area contributed by atoms with E-state index in [4.69, 9.17) is 4.74 Å². The monoisotopic (exact) mass is 269 g/mol. The van der Waals surface area contributed by atoms with Gasteiger partial charge in [0, 0.05) is 20.2 Å². The Labute approximate surface area is 116 Å². The maximum absolute atomic E-state index is 11.8. The molecular formula is C15H27NO3. The summed E-state index contributed by atoms with van der Waals surface area (Å²) in [5.41, 5.74) is -0.508. The second-order valence-corrected chi connectivity index (χ2v) is 6.23. The number of carbonyl (C=O) groups is 1. The van der Waals surface area contributed by atoms with Gasteiger partial charge in [-0.2, -0.15) is 0 Å². The number of carboxylic acids is 1. The van der Waals surface area contributed by atoms with Crippen molar-refractivity contribution in [1.29, 1.82) is 0 Å². The van der Waals surface area contributed by atoms with Gasteiger partial charge in [0.1, 0.15) is 0 Å². The number of carboxylic acid groups (broad SMARTS) is 1. The predicted molar refractivity (Wildman–Crippen MR) is 74.2 cm³/mol. The van der Waals surface area contributed by atoms with Gasteiger partial charge in [-0.3, -0.25) is 9.69 Å². The lowest BCUT2D eigenvalue weighted by molar-refractivity contribution is -0.152. The summed E-state index contributed by atoms with van der Waals surface area (Å²) < 4.78 is 5.44. The van der Waals surface area contributed by atoms with Gasteiger partial charge in [0.15, 0.2) is 0 Å². The first kappa shape index (κ1) is 14.8. The van der Waals surface area contributed by atoms with Gasteiger partial charge in [0.05, 0.1) is 11.5 Å². The van der Waals surface area contributed by atoms with E-state index in [2.05, 4.69) is 4.90 Å². The van der Waals surface area contributed by atoms with Crippen LogP contribution >= 0.6 is 0 Å². The molecule has 1 atom stereocenters. The largest absolute Gasteiger partial charge is 0.481 e. The maximum atomic E-state index is 11.8. The van der Waals surface area contributed by atoms with Crippen molar-refractivity contribution in [2.24, 2.45) is 5.41 Å². The fourth-order valence-electron chi connectivity index (χ4n) is 3.62. The number of aliphatic carboxylic acids is 1. The molecule has 1 saturated carbocycles. The average Bonchev–Trinajstić information content (AvgIpc) is 2.65. The lowest BCUT2D eigenvalue weighted by Crippen LogP contribution is -2.48. The van der Waals surface area contributed by atoms with Crippen LogP contribution in [0.5, 0.6) is 0 Å². The van der Waals surface area contributed by atoms with Gasteiger partial charge in [-0.1, -0.05) is 25.7 Å². The van der Waals surface area contributed by atoms with Crippen molar-refractivity contribution < 1.29 is 14.6 Å². The normalized spacial score (nSPS) is 28.8. The van der Waals surface area contributed by atoms with E-state index in [1.54, 1.807) is 7.11 Å². The quantitative estimate of drug-likeness (QED) is 0.797. The fourth-order valence-corrected chi connectivity index (χ4v) is 3.62. The molecule has 2 aliphatic rings. The zero-order chi connectivity index (χ0) is 13.7. The molecule has 0 spiro atoms. The Morgan fingerprint density at radius 3 is 2.53 bits per heavy atom. The van der Waals surface area contributed by atoms with E-state index < -0.39 is 11.4 Å². The van der Waals surface area contributed by atoms with E-state index in [1.165, 1.54) is 12.8 Å². The summed E-state index contributed by atoms with van der Waals surface area (Å²) in [6.45, 7) is 2.63. The smallest absolute Gasteiger partial charge is 0.310 e. The van der Waals surface area contributed by atoms with Gasteiger partial charge in [-0.05, 0) is 32.2 Å². The molecule has 1 aliphatic carbocycles. The molecule has 1 N–H and O–H groups in total. The third kappa shape index (κ3) is 3.69. The Bertz CT molecular complexity index is 298. The van der Waals surface area contributed by atoms with Crippen LogP contribution in [0.4, 0.5) is 0 Å². The van der Waals surface area contributed by atoms with Gasteiger partial charge in [-0.25, -0.2) is 0 Å². The number of ether oxygens (including phenoxy) is 1. The lowest BCUT2D eigenvalue weighted by Gasteiger charge is -2.38. The SMILES string of the molecule is COC1CCCN(CC2(C(=O)O)CCCCCC2)C1. The summed E-state index contributed by atoms with van der Waals surface area (Å²) in [5.74, 6) is -0.589. The molecule has 1 unspecified atom stereocenters. The Hall–Kier alpha value is -0.610. The first-order chi connectivity index (χ1) is 9.16. The predicted octanol–water partition coefficient (Wildman–Crippen LogP) is 2.52. The van der Waals surface area contributed by atoms with Crippen molar-refractivity contribution in [3.8, 4) is 0 Å². The van der Waals surface area contributed by atoms with Crippen LogP contribution in [0, 0.1) is 5.41 Å². The van der Waals surface area contributed by atoms with Crippen LogP contribution in [0.3, 0.4) is 0 Å². The summed E-state index contributed by atoms with van der Waals surface area (Å²) in [6.07, 6.45) is 8.70. The molecule has 1 heterocycles. The Balaban J connectivity index is 2.01. The van der Waals surface area contributed by atoms with Crippen molar-refractivity contribution in [1.82, 2.24) is 4.90 Å². The van der Waals surface area contributed by atoms with E-state index in [9.17, 15) is 9.90 Å². The third-order valence-corrected chi connectivity index (χ3v) is 4.84. The summed E-state index contributed by atoms with van der Waals surface area (Å²) in [7, 11) is 1.76. The van der Waals surface area contributed by atoms with Crippen molar-refractivity contribution in [2.75, 3.05) is 26.7 Å². The number of methoxy groups -OCH3 is 1. The Morgan fingerprint density at radius 1 is 1.26 bits per heavy atom. The van der Waals surface area contributed by atoms with Gasteiger partial charge in [0.2, 0.25) is 0 Å². The maximum Gasteiger partial charge on any atom is 0.310 e. The standard InChI is InChI=1S/C15H27NO3/c1-19-13-7-6-10-16(11-13)12-15(14(17)18)8-4-2-3-5-9-15/h13H,2-12H2,1H3,(H,17,18). The average molecular weight is 269 g/mol. The zero-order valence-electron chi connectivity index (χ0n) is 12.1. The highest BCUT2D eigenvalue weighted by Crippen LogP contribution is 2.36. The highest BCUT2D eigenvalue weighted by Gasteiger charge is 2.40. The summed E-state index contributed by atoms with van der Waals surface area (Å²) >= 11 is 0. The summed E-state index contributed by atoms with van der Waals surface area (Å²) in [5, 5.41) is 9.71. The summed E-state index contributed by atoms with van der Waals surface area (Å²) in [6, 6.07) is 0. The van der Waals surface area contributed by atoms with E-state index in [0.29, 0.717) is 6.54 Å². The number of hydrogen-bond acceptors (Lipinski definition) is 3. The second-order valence-electron chi connectivity index (χ2n) is 6.23. The Kier molecular flexibility index (Phi) is 5.22. The first-order valence-corrected chi connectivity index (χ1v) is 7.65. The van der Waals surface area contributed by atoms with Gasteiger partial charge in [0.25, 0.3) is 0 Å². The molecular weight excluding hydrogens is 242 g/mol. The van der Waals surface area contributed by atoms with Crippen LogP contribution in [0.15, 0.2) is 0 Å². The molecule has 19 heavy (non-hydrogen) atoms. The highest BCUT2D eigenvalue weighted by atomic mass is 16.5. The Morgan fingerprint density at radius 2 is 1.95 bits per heavy atom. The minimum Gasteiger partial charge on any atom is -0.481 e. The number of hydrogen-bond donors (Lipinski definition) is 1. The van der Waals surface area contributed by atoms with Crippen LogP contribution < -0.4 is 0 Å². The molecule has 0 aromatic heterocycles. The second kappa shape index (κ2) is 6.71. The van der Waals surface area contributed by atoms with Crippen LogP contribution in [0.1, 0.15) is 51.4 Å². The van der Waals surface area contributed by atoms with E-state index in [1.807, 2.05) is 0 Å². The third-order valence-electron chi connectivity index (χ3n) is 4.84. The molecule has 0 amide bonds. The van der Waals surface area contributed by atoms with Crippen molar-refractivity contribution >= 4 is 5.97 Å². The van der Waals surface area contributed by atoms with Crippen LogP contribution in [-0.2, 0) is 9.53 Å². The highest BCUT2D eigenvalue weighted by molar-refractivity contribution is 5.75. The molecule has 2 rings (SSSR count). The zero-order valence-corrected chi connectivity index (χ0v) is 12.1. The molecule has 1 saturated heterocycles. The van der Waals surface area contributed by atoms with Gasteiger partial charge < -0.3 is 9.84 Å². The van der Waals surface area contributed by atoms with Crippen LogP contribution in [0.2, 0.25) is 0 Å². The van der Waals surface area contributed by atoms with Gasteiger partial charge in [-0.15, -0.1) is 0 Å². The van der Waals surface area contributed by atoms with E-state index in [0.717, 1.165) is 51.6 Å². The van der Waals surface area contributed by atoms with Crippen LogP contribution in [0.25, 0.3) is 0 Å². The molecule has 1 aliphatic heterocycles. The van der Waals surface area contributed by atoms with Crippen LogP contribution in [-0.4, -0.2) is 48.8 Å². The number of likely N-dealkylation sites (tertiary alicyclic amines) is 1. The molecule has 110 valence electrons. The number of rotatable bonds is 4. The van der Waals surface area contributed by atoms with Crippen molar-refractivity contribution in [3.05, 3.63) is 0 Å². The number of nitrogens with zero attached hydrogens (tertiary/aromatic N) is 1. The van der Waals surface area contributed by atoms with Crippen molar-refractivity contribution in [2.45, 2.75) is 57.5 Å². The molecule has 0 radical (unpaired) electrons. The van der Waals surface area contributed by atoms with Crippen molar-refractivity contribution in [3.63, 3.8) is 0 Å². The first-order valence-electron chi connectivity index (χ1n) is 7.65. The molecule has 4 heteroatoms. The topological polar surface area (TPSA) is 49.8 Å². The molecule has 2 fully saturated rings.